The lowest BCUT2D eigenvalue weighted by Gasteiger charge is -2.13. The van der Waals surface area contributed by atoms with Gasteiger partial charge in [-0.2, -0.15) is 0 Å². The van der Waals surface area contributed by atoms with Gasteiger partial charge in [0.25, 0.3) is 0 Å². The maximum atomic E-state index is 3.58. The van der Waals surface area contributed by atoms with Crippen molar-refractivity contribution >= 4 is 33.9 Å². The van der Waals surface area contributed by atoms with E-state index < -0.39 is 0 Å². The molecular weight excluding hydrogens is 353 g/mol. The summed E-state index contributed by atoms with van der Waals surface area (Å²) in [6, 6.07) is 11.4. The Hall–Kier alpha value is -0.390. The molecule has 1 N–H and O–H groups in total. The Labute approximate surface area is 127 Å². The highest BCUT2D eigenvalue weighted by Gasteiger charge is 2.06. The molecule has 1 atom stereocenters. The predicted octanol–water partition coefficient (Wildman–Crippen LogP) is 4.82. The van der Waals surface area contributed by atoms with E-state index in [1.54, 1.807) is 0 Å². The molecule has 0 saturated carbocycles. The number of aryl methyl sites for hydroxylation is 2. The molecule has 1 heterocycles. The van der Waals surface area contributed by atoms with E-state index in [0.29, 0.717) is 6.04 Å². The maximum Gasteiger partial charge on any atom is 0.0305 e. The lowest BCUT2D eigenvalue weighted by atomic mass is 10.1. The van der Waals surface area contributed by atoms with Gasteiger partial charge < -0.3 is 5.32 Å². The van der Waals surface area contributed by atoms with E-state index in [9.17, 15) is 0 Å². The van der Waals surface area contributed by atoms with Crippen LogP contribution in [0.25, 0.3) is 0 Å². The Morgan fingerprint density at radius 3 is 2.44 bits per heavy atom. The van der Waals surface area contributed by atoms with Gasteiger partial charge >= 0.3 is 0 Å². The van der Waals surface area contributed by atoms with Gasteiger partial charge in [0.05, 0.1) is 0 Å². The summed E-state index contributed by atoms with van der Waals surface area (Å²) < 4.78 is 1.29. The fourth-order valence-electron chi connectivity index (χ4n) is 1.86. The van der Waals surface area contributed by atoms with Crippen LogP contribution in [0.5, 0.6) is 0 Å². The van der Waals surface area contributed by atoms with E-state index in [-0.39, 0.29) is 0 Å². The molecule has 2 rings (SSSR count). The van der Waals surface area contributed by atoms with Crippen molar-refractivity contribution in [1.29, 1.82) is 0 Å². The quantitative estimate of drug-likeness (QED) is 0.760. The Bertz CT molecular complexity index is 496. The molecule has 1 unspecified atom stereocenters. The first-order valence-corrected chi connectivity index (χ1v) is 8.00. The normalized spacial score (nSPS) is 12.7. The molecule has 3 heteroatoms. The molecule has 0 aliphatic heterocycles. The van der Waals surface area contributed by atoms with Gasteiger partial charge in [-0.05, 0) is 72.7 Å². The van der Waals surface area contributed by atoms with Gasteiger partial charge in [0, 0.05) is 25.9 Å². The topological polar surface area (TPSA) is 12.0 Å². The van der Waals surface area contributed by atoms with E-state index in [1.165, 1.54) is 24.5 Å². The summed E-state index contributed by atoms with van der Waals surface area (Å²) in [7, 11) is 0. The minimum Gasteiger partial charge on any atom is -0.305 e. The summed E-state index contributed by atoms with van der Waals surface area (Å²) in [6.07, 6.45) is 0. The van der Waals surface area contributed by atoms with Crippen LogP contribution in [0.15, 0.2) is 30.3 Å². The molecular formula is C15H18INS. The number of nitrogens with one attached hydrogen (secondary N) is 1. The average molecular weight is 371 g/mol. The Balaban J connectivity index is 1.95. The molecule has 1 nitrogen and oxygen atoms in total. The van der Waals surface area contributed by atoms with Crippen molar-refractivity contribution in [3.05, 3.63) is 54.8 Å². The van der Waals surface area contributed by atoms with Crippen LogP contribution in [0, 0.1) is 17.4 Å². The summed E-state index contributed by atoms with van der Waals surface area (Å²) >= 11 is 4.23. The van der Waals surface area contributed by atoms with Crippen molar-refractivity contribution in [3.63, 3.8) is 0 Å². The summed E-state index contributed by atoms with van der Waals surface area (Å²) in [5.74, 6) is 0. The van der Waals surface area contributed by atoms with Gasteiger partial charge in [-0.15, -0.1) is 11.3 Å². The highest BCUT2D eigenvalue weighted by molar-refractivity contribution is 14.1. The first kappa shape index (κ1) is 14.0. The van der Waals surface area contributed by atoms with Crippen LogP contribution >= 0.6 is 33.9 Å². The van der Waals surface area contributed by atoms with Crippen LogP contribution < -0.4 is 5.32 Å². The number of halogens is 1. The van der Waals surface area contributed by atoms with Crippen molar-refractivity contribution < 1.29 is 0 Å². The van der Waals surface area contributed by atoms with Crippen molar-refractivity contribution in [2.75, 3.05) is 0 Å². The maximum absolute atomic E-state index is 3.58. The van der Waals surface area contributed by atoms with E-state index in [4.69, 9.17) is 0 Å². The highest BCUT2D eigenvalue weighted by atomic mass is 127. The van der Waals surface area contributed by atoms with E-state index in [1.807, 2.05) is 11.3 Å². The van der Waals surface area contributed by atoms with Crippen molar-refractivity contribution in [2.24, 2.45) is 0 Å². The Morgan fingerprint density at radius 1 is 1.22 bits per heavy atom. The molecule has 0 bridgehead atoms. The highest BCUT2D eigenvalue weighted by Crippen LogP contribution is 2.21. The number of thiophene rings is 1. The largest absolute Gasteiger partial charge is 0.305 e. The molecule has 96 valence electrons. The zero-order valence-electron chi connectivity index (χ0n) is 11.0. The average Bonchev–Trinajstić information content (AvgIpc) is 2.67. The Morgan fingerprint density at radius 2 is 1.89 bits per heavy atom. The monoisotopic (exact) mass is 371 g/mol. The van der Waals surface area contributed by atoms with E-state index in [2.05, 4.69) is 79.0 Å². The molecule has 18 heavy (non-hydrogen) atoms. The van der Waals surface area contributed by atoms with Gasteiger partial charge in [0.1, 0.15) is 0 Å². The molecule has 0 spiro atoms. The molecule has 0 aliphatic rings. The van der Waals surface area contributed by atoms with Crippen LogP contribution in [-0.4, -0.2) is 0 Å². The van der Waals surface area contributed by atoms with Gasteiger partial charge in [0.2, 0.25) is 0 Å². The second-order valence-corrected chi connectivity index (χ2v) is 7.19. The molecule has 1 aromatic heterocycles. The molecule has 0 amide bonds. The fourth-order valence-corrected chi connectivity index (χ4v) is 3.22. The van der Waals surface area contributed by atoms with Crippen LogP contribution in [0.3, 0.4) is 0 Å². The summed E-state index contributed by atoms with van der Waals surface area (Å²) in [5.41, 5.74) is 2.75. The molecule has 1 aromatic carbocycles. The first-order valence-electron chi connectivity index (χ1n) is 6.11. The van der Waals surface area contributed by atoms with E-state index in [0.717, 1.165) is 6.54 Å². The minimum atomic E-state index is 0.393. The van der Waals surface area contributed by atoms with Crippen molar-refractivity contribution in [3.8, 4) is 0 Å². The Kier molecular flexibility index (Phi) is 4.81. The van der Waals surface area contributed by atoms with Crippen LogP contribution in [0.1, 0.15) is 33.8 Å². The number of rotatable bonds is 4. The zero-order valence-corrected chi connectivity index (χ0v) is 13.9. The smallest absolute Gasteiger partial charge is 0.0305 e. The third-order valence-electron chi connectivity index (χ3n) is 3.17. The van der Waals surface area contributed by atoms with Crippen LogP contribution in [0.2, 0.25) is 0 Å². The van der Waals surface area contributed by atoms with Gasteiger partial charge in [-0.25, -0.2) is 0 Å². The van der Waals surface area contributed by atoms with Gasteiger partial charge in [-0.1, -0.05) is 12.1 Å². The van der Waals surface area contributed by atoms with Crippen molar-refractivity contribution in [2.45, 2.75) is 33.4 Å². The second kappa shape index (κ2) is 6.17. The molecule has 0 radical (unpaired) electrons. The summed E-state index contributed by atoms with van der Waals surface area (Å²) in [6.45, 7) is 7.53. The standard InChI is InChI=1S/C15H18INS/c1-10-8-15(18-12(10)3)9-17-11(2)13-4-6-14(16)7-5-13/h4-8,11,17H,9H2,1-3H3. The third kappa shape index (κ3) is 3.56. The van der Waals surface area contributed by atoms with E-state index >= 15 is 0 Å². The molecule has 0 aliphatic carbocycles. The first-order chi connectivity index (χ1) is 8.56. The fraction of sp³-hybridized carbons (Fsp3) is 0.333. The lowest BCUT2D eigenvalue weighted by molar-refractivity contribution is 0.579. The SMILES string of the molecule is Cc1cc(CNC(C)c2ccc(I)cc2)sc1C. The van der Waals surface area contributed by atoms with Crippen LogP contribution in [0.4, 0.5) is 0 Å². The van der Waals surface area contributed by atoms with Crippen LogP contribution in [-0.2, 0) is 6.54 Å². The minimum absolute atomic E-state index is 0.393. The number of hydrogen-bond donors (Lipinski definition) is 1. The molecule has 0 fully saturated rings. The summed E-state index contributed by atoms with van der Waals surface area (Å²) in [4.78, 5) is 2.84. The summed E-state index contributed by atoms with van der Waals surface area (Å²) in [5, 5.41) is 3.58. The van der Waals surface area contributed by atoms with Gasteiger partial charge in [0.15, 0.2) is 0 Å². The predicted molar refractivity (Wildman–Crippen MR) is 88.2 cm³/mol. The number of benzene rings is 1. The van der Waals surface area contributed by atoms with Gasteiger partial charge in [-0.3, -0.25) is 0 Å². The number of hydrogen-bond acceptors (Lipinski definition) is 2. The zero-order chi connectivity index (χ0) is 13.1. The van der Waals surface area contributed by atoms with Crippen molar-refractivity contribution in [1.82, 2.24) is 5.32 Å². The third-order valence-corrected chi connectivity index (χ3v) is 5.04. The lowest BCUT2D eigenvalue weighted by Crippen LogP contribution is -2.17. The second-order valence-electron chi connectivity index (χ2n) is 4.61. The molecule has 0 saturated heterocycles. The molecule has 2 aromatic rings.